The summed E-state index contributed by atoms with van der Waals surface area (Å²) in [5.74, 6) is 0. The molecule has 0 fully saturated rings. The standard InChI is InChI=1S/C40H24N2.C22H13BrN2.C18H13BO2/c1-5-13-33-29(9-1)28(20-21-36(33)38-22-18-26-16-15-25-8-7-23-41-39(25)40(26)42-38)27-17-19-35-32-12-3-2-10-30(32)31-11-4-6-14-34(31)37(35)24-27;23-19-11-10-18(16-5-1-2-6-17(16)19)20-12-9-15-8-7-14-4-3-13-24-21(14)22(15)25-20;20-19(21)12-9-10-17-15-7-2-1-5-13(15)14-6-3-4-8-16(14)18(17)11-12/h1-24H;1-13H;1-11,20-21H. The van der Waals surface area contributed by atoms with Crippen molar-refractivity contribution in [3.8, 4) is 33.6 Å². The fourth-order valence-corrected chi connectivity index (χ4v) is 13.6. The van der Waals surface area contributed by atoms with E-state index in [9.17, 15) is 10.0 Å². The zero-order valence-electron chi connectivity index (χ0n) is 47.4. The maximum Gasteiger partial charge on any atom is 0.488 e. The topological polar surface area (TPSA) is 92.0 Å². The first-order chi connectivity index (χ1) is 43.4. The lowest BCUT2D eigenvalue weighted by Crippen LogP contribution is -2.29. The summed E-state index contributed by atoms with van der Waals surface area (Å²) >= 11 is 3.65. The second-order valence-corrected chi connectivity index (χ2v) is 23.1. The van der Waals surface area contributed by atoms with Gasteiger partial charge >= 0.3 is 7.12 Å². The van der Waals surface area contributed by atoms with E-state index >= 15 is 0 Å². The van der Waals surface area contributed by atoms with Crippen LogP contribution in [0, 0.1) is 0 Å². The quantitative estimate of drug-likeness (QED) is 0.135. The second-order valence-electron chi connectivity index (χ2n) is 22.3. The van der Waals surface area contributed by atoms with Crippen LogP contribution in [0.15, 0.2) is 296 Å². The first-order valence-corrected chi connectivity index (χ1v) is 30.2. The van der Waals surface area contributed by atoms with Crippen molar-refractivity contribution in [1.82, 2.24) is 19.9 Å². The van der Waals surface area contributed by atoms with Crippen LogP contribution in [-0.2, 0) is 0 Å². The van der Waals surface area contributed by atoms with Gasteiger partial charge in [0.15, 0.2) is 0 Å². The fraction of sp³-hybridized carbons (Fsp3) is 0. The third-order valence-corrected chi connectivity index (χ3v) is 18.0. The van der Waals surface area contributed by atoms with Crippen LogP contribution in [0.4, 0.5) is 0 Å². The molecule has 2 N–H and O–H groups in total. The molecule has 8 heteroatoms. The molecule has 18 rings (SSSR count). The molecule has 0 aliphatic heterocycles. The molecule has 4 heterocycles. The van der Waals surface area contributed by atoms with Crippen molar-refractivity contribution in [2.45, 2.75) is 0 Å². The zero-order chi connectivity index (χ0) is 58.8. The molecule has 0 saturated carbocycles. The van der Waals surface area contributed by atoms with E-state index < -0.39 is 7.12 Å². The van der Waals surface area contributed by atoms with Crippen LogP contribution >= 0.6 is 15.9 Å². The summed E-state index contributed by atoms with van der Waals surface area (Å²) in [7, 11) is -1.44. The highest BCUT2D eigenvalue weighted by atomic mass is 79.9. The summed E-state index contributed by atoms with van der Waals surface area (Å²) in [6.07, 6.45) is 3.67. The lowest BCUT2D eigenvalue weighted by molar-refractivity contribution is 0.426. The summed E-state index contributed by atoms with van der Waals surface area (Å²) in [5, 5.41) is 42.7. The Morgan fingerprint density at radius 2 is 0.602 bits per heavy atom. The van der Waals surface area contributed by atoms with E-state index in [-0.39, 0.29) is 0 Å². The summed E-state index contributed by atoms with van der Waals surface area (Å²) in [6.45, 7) is 0. The van der Waals surface area contributed by atoms with Crippen LogP contribution < -0.4 is 5.46 Å². The van der Waals surface area contributed by atoms with Crippen molar-refractivity contribution < 1.29 is 10.0 Å². The Bertz CT molecular complexity index is 5780. The molecule has 412 valence electrons. The molecular weight excluding hydrogens is 1140 g/mol. The van der Waals surface area contributed by atoms with E-state index in [1.165, 1.54) is 81.1 Å². The molecule has 14 aromatic carbocycles. The van der Waals surface area contributed by atoms with Gasteiger partial charge in [0.25, 0.3) is 0 Å². The van der Waals surface area contributed by atoms with E-state index in [1.54, 1.807) is 6.07 Å². The van der Waals surface area contributed by atoms with Gasteiger partial charge in [0.1, 0.15) is 0 Å². The highest BCUT2D eigenvalue weighted by Gasteiger charge is 2.17. The molecule has 0 bridgehead atoms. The van der Waals surface area contributed by atoms with Gasteiger partial charge < -0.3 is 10.0 Å². The largest absolute Gasteiger partial charge is 0.488 e. The number of aromatic nitrogens is 4. The molecular formula is C80H50BBrN4O2. The van der Waals surface area contributed by atoms with Crippen molar-refractivity contribution in [1.29, 1.82) is 0 Å². The molecule has 0 aliphatic carbocycles. The molecule has 0 spiro atoms. The zero-order valence-corrected chi connectivity index (χ0v) is 48.9. The minimum atomic E-state index is -1.44. The van der Waals surface area contributed by atoms with Gasteiger partial charge in [-0.1, -0.05) is 259 Å². The van der Waals surface area contributed by atoms with Gasteiger partial charge in [0, 0.05) is 49.5 Å². The van der Waals surface area contributed by atoms with Gasteiger partial charge in [-0.2, -0.15) is 0 Å². The minimum absolute atomic E-state index is 0.517. The van der Waals surface area contributed by atoms with E-state index in [4.69, 9.17) is 9.97 Å². The molecule has 0 unspecified atom stereocenters. The summed E-state index contributed by atoms with van der Waals surface area (Å²) in [5.41, 5.74) is 10.9. The smallest absolute Gasteiger partial charge is 0.423 e. The maximum atomic E-state index is 9.42. The molecule has 4 aromatic heterocycles. The van der Waals surface area contributed by atoms with Crippen molar-refractivity contribution >= 4 is 158 Å². The van der Waals surface area contributed by atoms with Gasteiger partial charge in [0.2, 0.25) is 0 Å². The number of benzene rings is 14. The average molecular weight is 1190 g/mol. The van der Waals surface area contributed by atoms with Gasteiger partial charge in [-0.3, -0.25) is 9.97 Å². The predicted molar refractivity (Wildman–Crippen MR) is 374 cm³/mol. The monoisotopic (exact) mass is 1190 g/mol. The van der Waals surface area contributed by atoms with E-state index in [2.05, 4.69) is 250 Å². The van der Waals surface area contributed by atoms with Crippen molar-refractivity contribution in [2.75, 3.05) is 0 Å². The van der Waals surface area contributed by atoms with Gasteiger partial charge in [-0.05, 0) is 139 Å². The van der Waals surface area contributed by atoms with E-state index in [0.717, 1.165) is 86.8 Å². The Kier molecular flexibility index (Phi) is 13.2. The van der Waals surface area contributed by atoms with Crippen LogP contribution in [0.25, 0.3) is 163 Å². The van der Waals surface area contributed by atoms with E-state index in [1.807, 2.05) is 60.9 Å². The molecule has 88 heavy (non-hydrogen) atoms. The molecule has 0 radical (unpaired) electrons. The third kappa shape index (κ3) is 9.13. The minimum Gasteiger partial charge on any atom is -0.423 e. The van der Waals surface area contributed by atoms with Crippen molar-refractivity contribution in [3.63, 3.8) is 0 Å². The Morgan fingerprint density at radius 1 is 0.261 bits per heavy atom. The van der Waals surface area contributed by atoms with Crippen molar-refractivity contribution in [2.24, 2.45) is 0 Å². The number of rotatable bonds is 4. The highest BCUT2D eigenvalue weighted by molar-refractivity contribution is 9.10. The number of hydrogen-bond donors (Lipinski definition) is 2. The number of hydrogen-bond acceptors (Lipinski definition) is 6. The first-order valence-electron chi connectivity index (χ1n) is 29.4. The van der Waals surface area contributed by atoms with E-state index in [0.29, 0.717) is 5.46 Å². The van der Waals surface area contributed by atoms with Crippen LogP contribution in [0.3, 0.4) is 0 Å². The van der Waals surface area contributed by atoms with Gasteiger partial charge in [-0.15, -0.1) is 0 Å². The first kappa shape index (κ1) is 52.8. The number of fused-ring (bicyclic) bond motifs is 20. The SMILES string of the molecule is Brc1ccc(-c2ccc3ccc4cccnc4c3n2)c2ccccc12.OB(O)c1ccc2c3ccccc3c3ccccc3c2c1.c1cnc2c(c1)ccc1ccc(-c3ccc(-c4ccc5c6ccccc6c6ccccc6c5c4)c4ccccc34)nc12. The molecule has 0 saturated heterocycles. The van der Waals surface area contributed by atoms with Crippen LogP contribution in [0.5, 0.6) is 0 Å². The lowest BCUT2D eigenvalue weighted by Gasteiger charge is -2.15. The molecule has 0 amide bonds. The van der Waals surface area contributed by atoms with Crippen LogP contribution in [0.2, 0.25) is 0 Å². The second kappa shape index (κ2) is 22.0. The Balaban J connectivity index is 0.000000115. The third-order valence-electron chi connectivity index (χ3n) is 17.3. The normalized spacial score (nSPS) is 11.6. The van der Waals surface area contributed by atoms with Crippen LogP contribution in [-0.4, -0.2) is 37.1 Å². The van der Waals surface area contributed by atoms with Crippen LogP contribution in [0.1, 0.15) is 0 Å². The number of halogens is 1. The van der Waals surface area contributed by atoms with Crippen molar-refractivity contribution in [3.05, 3.63) is 296 Å². The highest BCUT2D eigenvalue weighted by Crippen LogP contribution is 2.42. The molecule has 18 aromatic rings. The number of nitrogens with zero attached hydrogens (tertiary/aromatic N) is 4. The summed E-state index contributed by atoms with van der Waals surface area (Å²) in [6, 6.07) is 97.5. The Hall–Kier alpha value is -10.7. The summed E-state index contributed by atoms with van der Waals surface area (Å²) in [4.78, 5) is 19.4. The molecule has 0 atom stereocenters. The fourth-order valence-electron chi connectivity index (χ4n) is 13.2. The summed E-state index contributed by atoms with van der Waals surface area (Å²) < 4.78 is 1.10. The van der Waals surface area contributed by atoms with Gasteiger partial charge in [-0.25, -0.2) is 9.97 Å². The maximum absolute atomic E-state index is 9.42. The molecule has 0 aliphatic rings. The van der Waals surface area contributed by atoms with Gasteiger partial charge in [0.05, 0.1) is 33.5 Å². The predicted octanol–water partition coefficient (Wildman–Crippen LogP) is 19.9. The average Bonchev–Trinajstić information content (AvgIpc) is 1.25. The number of pyridine rings is 4. The Morgan fingerprint density at radius 3 is 1.07 bits per heavy atom. The molecule has 6 nitrogen and oxygen atoms in total. The Labute approximate surface area is 514 Å². The lowest BCUT2D eigenvalue weighted by atomic mass is 9.78.